The van der Waals surface area contributed by atoms with E-state index in [0.717, 1.165) is 18.7 Å². The number of piperidine rings is 1. The van der Waals surface area contributed by atoms with Gasteiger partial charge < -0.3 is 16.4 Å². The number of aromatic nitrogens is 1. The van der Waals surface area contributed by atoms with Crippen molar-refractivity contribution in [2.75, 3.05) is 11.4 Å². The van der Waals surface area contributed by atoms with Gasteiger partial charge in [-0.25, -0.2) is 0 Å². The number of nitrogens with zero attached hydrogens (tertiary/aromatic N) is 2. The molecule has 5 nitrogen and oxygen atoms in total. The van der Waals surface area contributed by atoms with Gasteiger partial charge in [0.1, 0.15) is 6.04 Å². The maximum absolute atomic E-state index is 11.4. The van der Waals surface area contributed by atoms with Crippen molar-refractivity contribution in [2.24, 2.45) is 11.5 Å². The maximum Gasteiger partial charge on any atom is 0.240 e. The fourth-order valence-electron chi connectivity index (χ4n) is 2.11. The average molecular weight is 220 g/mol. The van der Waals surface area contributed by atoms with E-state index in [4.69, 9.17) is 11.5 Å². The third-order valence-corrected chi connectivity index (χ3v) is 2.97. The van der Waals surface area contributed by atoms with Crippen LogP contribution in [0.25, 0.3) is 0 Å². The maximum atomic E-state index is 11.4. The van der Waals surface area contributed by atoms with Gasteiger partial charge in [-0.1, -0.05) is 0 Å². The van der Waals surface area contributed by atoms with Crippen molar-refractivity contribution in [3.05, 3.63) is 24.5 Å². The van der Waals surface area contributed by atoms with Crippen LogP contribution in [-0.2, 0) is 4.79 Å². The fraction of sp³-hybridized carbons (Fsp3) is 0.455. The van der Waals surface area contributed by atoms with E-state index >= 15 is 0 Å². The van der Waals surface area contributed by atoms with Crippen molar-refractivity contribution in [2.45, 2.75) is 24.9 Å². The molecule has 2 heterocycles. The van der Waals surface area contributed by atoms with Crippen LogP contribution < -0.4 is 16.4 Å². The Labute approximate surface area is 94.4 Å². The summed E-state index contributed by atoms with van der Waals surface area (Å²) in [6, 6.07) is 3.53. The Morgan fingerprint density at radius 1 is 1.44 bits per heavy atom. The van der Waals surface area contributed by atoms with E-state index in [1.165, 1.54) is 0 Å². The summed E-state index contributed by atoms with van der Waals surface area (Å²) in [6.07, 6.45) is 4.92. The number of carbonyl (C=O) groups is 1. The van der Waals surface area contributed by atoms with Gasteiger partial charge >= 0.3 is 0 Å². The standard InChI is InChI=1S/C11H16N4O/c12-8-3-6-15(10(7-8)11(13)16)9-1-4-14-5-2-9/h1-2,4-5,8,10H,3,6-7,12H2,(H2,13,16). The second-order valence-electron chi connectivity index (χ2n) is 4.10. The van der Waals surface area contributed by atoms with Crippen molar-refractivity contribution in [1.29, 1.82) is 0 Å². The molecule has 2 rings (SSSR count). The number of rotatable bonds is 2. The van der Waals surface area contributed by atoms with Crippen LogP contribution in [-0.4, -0.2) is 29.5 Å². The van der Waals surface area contributed by atoms with Gasteiger partial charge in [0.2, 0.25) is 5.91 Å². The lowest BCUT2D eigenvalue weighted by Gasteiger charge is -2.38. The van der Waals surface area contributed by atoms with E-state index < -0.39 is 0 Å². The molecule has 1 amide bonds. The Hall–Kier alpha value is -1.62. The van der Waals surface area contributed by atoms with Crippen molar-refractivity contribution in [3.63, 3.8) is 0 Å². The molecule has 2 atom stereocenters. The summed E-state index contributed by atoms with van der Waals surface area (Å²) < 4.78 is 0. The number of pyridine rings is 1. The molecule has 5 heteroatoms. The van der Waals surface area contributed by atoms with Crippen LogP contribution in [0.2, 0.25) is 0 Å². The van der Waals surface area contributed by atoms with Crippen LogP contribution >= 0.6 is 0 Å². The monoisotopic (exact) mass is 220 g/mol. The van der Waals surface area contributed by atoms with Crippen molar-refractivity contribution in [3.8, 4) is 0 Å². The lowest BCUT2D eigenvalue weighted by molar-refractivity contribution is -0.119. The molecule has 2 unspecified atom stereocenters. The van der Waals surface area contributed by atoms with Crippen molar-refractivity contribution in [1.82, 2.24) is 4.98 Å². The zero-order valence-electron chi connectivity index (χ0n) is 9.04. The minimum Gasteiger partial charge on any atom is -0.368 e. The Morgan fingerprint density at radius 2 is 2.12 bits per heavy atom. The number of carbonyl (C=O) groups excluding carboxylic acids is 1. The van der Waals surface area contributed by atoms with Crippen molar-refractivity contribution < 1.29 is 4.79 Å². The molecule has 0 saturated carbocycles. The molecule has 0 aromatic carbocycles. The Balaban J connectivity index is 2.22. The minimum atomic E-state index is -0.313. The van der Waals surface area contributed by atoms with E-state index in [9.17, 15) is 4.79 Å². The normalized spacial score (nSPS) is 25.4. The topological polar surface area (TPSA) is 85.2 Å². The first-order chi connectivity index (χ1) is 7.68. The molecule has 1 aromatic heterocycles. The first kappa shape index (κ1) is 10.9. The fourth-order valence-corrected chi connectivity index (χ4v) is 2.11. The first-order valence-electron chi connectivity index (χ1n) is 5.40. The van der Waals surface area contributed by atoms with Gasteiger partial charge in [-0.05, 0) is 25.0 Å². The number of hydrogen-bond donors (Lipinski definition) is 2. The lowest BCUT2D eigenvalue weighted by atomic mass is 9.97. The quantitative estimate of drug-likeness (QED) is 0.726. The molecule has 4 N–H and O–H groups in total. The third-order valence-electron chi connectivity index (χ3n) is 2.97. The van der Waals surface area contributed by atoms with Gasteiger partial charge in [0.05, 0.1) is 0 Å². The molecule has 1 aromatic rings. The van der Waals surface area contributed by atoms with Gasteiger partial charge in [0.25, 0.3) is 0 Å². The molecule has 0 aliphatic carbocycles. The highest BCUT2D eigenvalue weighted by Crippen LogP contribution is 2.23. The summed E-state index contributed by atoms with van der Waals surface area (Å²) in [4.78, 5) is 17.4. The zero-order chi connectivity index (χ0) is 11.5. The summed E-state index contributed by atoms with van der Waals surface area (Å²) >= 11 is 0. The highest BCUT2D eigenvalue weighted by atomic mass is 16.1. The second kappa shape index (κ2) is 4.49. The molecule has 0 spiro atoms. The number of primary amides is 1. The lowest BCUT2D eigenvalue weighted by Crippen LogP contribution is -2.53. The van der Waals surface area contributed by atoms with E-state index in [2.05, 4.69) is 4.98 Å². The number of amides is 1. The predicted octanol–water partition coefficient (Wildman–Crippen LogP) is -0.137. The van der Waals surface area contributed by atoms with E-state index in [1.54, 1.807) is 12.4 Å². The molecular weight excluding hydrogens is 204 g/mol. The zero-order valence-corrected chi connectivity index (χ0v) is 9.04. The average Bonchev–Trinajstić information content (AvgIpc) is 2.30. The molecule has 0 bridgehead atoms. The Kier molecular flexibility index (Phi) is 3.05. The van der Waals surface area contributed by atoms with E-state index in [0.29, 0.717) is 6.42 Å². The Bertz CT molecular complexity index is 368. The summed E-state index contributed by atoms with van der Waals surface area (Å²) in [6.45, 7) is 0.763. The Morgan fingerprint density at radius 3 is 2.75 bits per heavy atom. The van der Waals surface area contributed by atoms with Crippen LogP contribution in [0.5, 0.6) is 0 Å². The van der Waals surface area contributed by atoms with Gasteiger partial charge in [0.15, 0.2) is 0 Å². The molecule has 1 aliphatic rings. The molecule has 0 radical (unpaired) electrons. The number of nitrogens with two attached hydrogens (primary N) is 2. The first-order valence-corrected chi connectivity index (χ1v) is 5.40. The van der Waals surface area contributed by atoms with Gasteiger partial charge in [-0.3, -0.25) is 9.78 Å². The summed E-state index contributed by atoms with van der Waals surface area (Å²) in [5.41, 5.74) is 12.2. The summed E-state index contributed by atoms with van der Waals surface area (Å²) in [5, 5.41) is 0. The highest BCUT2D eigenvalue weighted by molar-refractivity contribution is 5.84. The number of hydrogen-bond acceptors (Lipinski definition) is 4. The van der Waals surface area contributed by atoms with E-state index in [-0.39, 0.29) is 18.0 Å². The molecule has 1 saturated heterocycles. The van der Waals surface area contributed by atoms with Gasteiger partial charge in [0, 0.05) is 30.7 Å². The van der Waals surface area contributed by atoms with Crippen LogP contribution in [0.1, 0.15) is 12.8 Å². The largest absolute Gasteiger partial charge is 0.368 e. The van der Waals surface area contributed by atoms with Crippen molar-refractivity contribution >= 4 is 11.6 Å². The molecular formula is C11H16N4O. The van der Waals surface area contributed by atoms with Crippen LogP contribution in [0.15, 0.2) is 24.5 Å². The second-order valence-corrected chi connectivity index (χ2v) is 4.10. The molecule has 86 valence electrons. The third kappa shape index (κ3) is 2.14. The van der Waals surface area contributed by atoms with E-state index in [1.807, 2.05) is 17.0 Å². The minimum absolute atomic E-state index is 0.0654. The van der Waals surface area contributed by atoms with Crippen LogP contribution in [0.3, 0.4) is 0 Å². The smallest absolute Gasteiger partial charge is 0.240 e. The summed E-state index contributed by atoms with van der Waals surface area (Å²) in [7, 11) is 0. The molecule has 16 heavy (non-hydrogen) atoms. The van der Waals surface area contributed by atoms with Gasteiger partial charge in [-0.15, -0.1) is 0 Å². The molecule has 1 aliphatic heterocycles. The SMILES string of the molecule is NC(=O)C1CC(N)CCN1c1ccncc1. The molecule has 1 fully saturated rings. The number of anilines is 1. The van der Waals surface area contributed by atoms with Crippen LogP contribution in [0.4, 0.5) is 5.69 Å². The highest BCUT2D eigenvalue weighted by Gasteiger charge is 2.30. The van der Waals surface area contributed by atoms with Gasteiger partial charge in [-0.2, -0.15) is 0 Å². The summed E-state index contributed by atoms with van der Waals surface area (Å²) in [5.74, 6) is -0.313. The van der Waals surface area contributed by atoms with Crippen LogP contribution in [0, 0.1) is 0 Å². The predicted molar refractivity (Wildman–Crippen MR) is 61.8 cm³/mol.